The van der Waals surface area contributed by atoms with Gasteiger partial charge in [-0.15, -0.1) is 0 Å². The number of nitrogens with zero attached hydrogens (tertiary/aromatic N) is 7. The molecule has 2 aliphatic rings. The summed E-state index contributed by atoms with van der Waals surface area (Å²) >= 11 is 0. The first-order valence-electron chi connectivity index (χ1n) is 19.8. The molecule has 0 amide bonds. The van der Waals surface area contributed by atoms with E-state index in [0.29, 0.717) is 17.2 Å². The fourth-order valence-corrected chi connectivity index (χ4v) is 7.93. The van der Waals surface area contributed by atoms with Crippen LogP contribution in [0.25, 0.3) is 0 Å². The molecule has 2 saturated heterocycles. The Morgan fingerprint density at radius 1 is 0.655 bits per heavy atom. The number of aromatic nitrogens is 2. The van der Waals surface area contributed by atoms with Gasteiger partial charge in [0.1, 0.15) is 22.8 Å². The average molecular weight is 748 g/mol. The van der Waals surface area contributed by atoms with Gasteiger partial charge in [-0.2, -0.15) is 0 Å². The Morgan fingerprint density at radius 3 is 1.58 bits per heavy atom. The molecule has 2 aromatic heterocycles. The summed E-state index contributed by atoms with van der Waals surface area (Å²) in [5, 5.41) is 19.8. The second kappa shape index (κ2) is 18.2. The number of piperazine rings is 2. The number of carboxylic acid groups (broad SMARTS) is 2. The lowest BCUT2D eigenvalue weighted by Gasteiger charge is -2.36. The third-order valence-electron chi connectivity index (χ3n) is 11.0. The van der Waals surface area contributed by atoms with Crippen LogP contribution in [0, 0.1) is 0 Å². The molecule has 0 bridgehead atoms. The molecule has 0 atom stereocenters. The third kappa shape index (κ3) is 9.89. The molecule has 0 spiro atoms. The summed E-state index contributed by atoms with van der Waals surface area (Å²) in [6.07, 6.45) is 3.55. The largest absolute Gasteiger partial charge is 0.478 e. The van der Waals surface area contributed by atoms with Crippen molar-refractivity contribution in [3.8, 4) is 0 Å². The molecule has 0 radical (unpaired) electrons. The molecule has 2 aliphatic heterocycles. The maximum absolute atomic E-state index is 12.5. The van der Waals surface area contributed by atoms with Gasteiger partial charge in [-0.3, -0.25) is 14.7 Å². The normalized spacial score (nSPS) is 15.7. The zero-order valence-electron chi connectivity index (χ0n) is 33.1. The van der Waals surface area contributed by atoms with Gasteiger partial charge in [0.2, 0.25) is 0 Å². The van der Waals surface area contributed by atoms with Crippen molar-refractivity contribution < 1.29 is 19.8 Å². The topological polar surface area (TPSA) is 117 Å². The van der Waals surface area contributed by atoms with Crippen LogP contribution in [0.15, 0.2) is 73.1 Å². The van der Waals surface area contributed by atoms with Crippen molar-refractivity contribution in [3.63, 3.8) is 0 Å². The van der Waals surface area contributed by atoms with E-state index in [1.54, 1.807) is 18.3 Å². The van der Waals surface area contributed by atoms with Crippen LogP contribution in [-0.4, -0.2) is 106 Å². The van der Waals surface area contributed by atoms with E-state index in [9.17, 15) is 19.8 Å². The van der Waals surface area contributed by atoms with E-state index in [4.69, 9.17) is 4.98 Å². The summed E-state index contributed by atoms with van der Waals surface area (Å²) in [7, 11) is 0. The van der Waals surface area contributed by atoms with Gasteiger partial charge in [0.15, 0.2) is 0 Å². The van der Waals surface area contributed by atoms with Crippen LogP contribution in [0.4, 0.5) is 11.6 Å². The first kappa shape index (κ1) is 39.8. The van der Waals surface area contributed by atoms with Gasteiger partial charge in [0.25, 0.3) is 0 Å². The summed E-state index contributed by atoms with van der Waals surface area (Å²) in [6.45, 7) is 21.4. The molecular weight excluding hydrogens is 691 g/mol. The molecule has 6 rings (SSSR count). The number of aromatic carboxylic acids is 2. The van der Waals surface area contributed by atoms with Crippen LogP contribution in [0.3, 0.4) is 0 Å². The van der Waals surface area contributed by atoms with Crippen molar-refractivity contribution in [2.24, 2.45) is 0 Å². The summed E-state index contributed by atoms with van der Waals surface area (Å²) in [4.78, 5) is 44.8. The van der Waals surface area contributed by atoms with Gasteiger partial charge in [-0.25, -0.2) is 19.6 Å². The van der Waals surface area contributed by atoms with Crippen LogP contribution in [0.5, 0.6) is 0 Å². The minimum atomic E-state index is -0.939. The maximum Gasteiger partial charge on any atom is 0.339 e. The Balaban J connectivity index is 0.964. The lowest BCUT2D eigenvalue weighted by atomic mass is 9.88. The number of carbonyl (C=O) groups is 2. The molecule has 11 heteroatoms. The van der Waals surface area contributed by atoms with Gasteiger partial charge in [-0.1, -0.05) is 83.1 Å². The quantitative estimate of drug-likeness (QED) is 0.134. The number of hydrogen-bond acceptors (Lipinski definition) is 9. The standard InChI is InChI=1S/C44H57N7O4/c1-6-47(27-33-9-13-35(14-10-33)29-48-18-22-50(23-19-48)41-37(43(52)53)8-7-17-45-41)28-34-11-15-36(16-12-34)30-49-20-24-51(25-21-49)42-40(44(54)55)39(32(4)5)38(26-46-42)31(2)3/h7-17,26,31-32H,6,18-25,27-30H2,1-5H3,(H,52,53)(H,54,55). The molecule has 4 heterocycles. The Kier molecular flexibility index (Phi) is 13.2. The number of hydrogen-bond donors (Lipinski definition) is 2. The SMILES string of the molecule is CCN(Cc1ccc(CN2CCN(c3ncccc3C(=O)O)CC2)cc1)Cc1ccc(CN2CCN(c3ncc(C(C)C)c(C(C)C)c3C(=O)O)CC2)cc1. The highest BCUT2D eigenvalue weighted by Gasteiger charge is 2.29. The summed E-state index contributed by atoms with van der Waals surface area (Å²) in [5.41, 5.74) is 7.72. The van der Waals surface area contributed by atoms with Gasteiger partial charge in [-0.05, 0) is 63.9 Å². The molecule has 0 unspecified atom stereocenters. The smallest absolute Gasteiger partial charge is 0.339 e. The zero-order valence-corrected chi connectivity index (χ0v) is 33.1. The van der Waals surface area contributed by atoms with E-state index in [0.717, 1.165) is 96.2 Å². The fraction of sp³-hybridized carbons (Fsp3) is 0.455. The maximum atomic E-state index is 12.5. The zero-order chi connectivity index (χ0) is 39.1. The van der Waals surface area contributed by atoms with Gasteiger partial charge >= 0.3 is 11.9 Å². The van der Waals surface area contributed by atoms with Crippen molar-refractivity contribution in [3.05, 3.63) is 118 Å². The first-order valence-corrected chi connectivity index (χ1v) is 19.8. The highest BCUT2D eigenvalue weighted by molar-refractivity contribution is 5.96. The fourth-order valence-electron chi connectivity index (χ4n) is 7.93. The van der Waals surface area contributed by atoms with Crippen molar-refractivity contribution in [1.29, 1.82) is 0 Å². The van der Waals surface area contributed by atoms with E-state index < -0.39 is 11.9 Å². The lowest BCUT2D eigenvalue weighted by molar-refractivity contribution is 0.0685. The molecule has 2 N–H and O–H groups in total. The Morgan fingerprint density at radius 2 is 1.15 bits per heavy atom. The molecule has 2 aromatic carbocycles. The summed E-state index contributed by atoms with van der Waals surface area (Å²) in [5.74, 6) is -0.349. The van der Waals surface area contributed by atoms with Crippen LogP contribution >= 0.6 is 0 Å². The first-order chi connectivity index (χ1) is 26.5. The second-order valence-electron chi connectivity index (χ2n) is 15.6. The van der Waals surface area contributed by atoms with Gasteiger partial charge in [0.05, 0.1) is 0 Å². The van der Waals surface area contributed by atoms with Crippen LogP contribution in [-0.2, 0) is 26.2 Å². The van der Waals surface area contributed by atoms with Crippen molar-refractivity contribution in [2.45, 2.75) is 72.6 Å². The predicted octanol–water partition coefficient (Wildman–Crippen LogP) is 6.79. The highest BCUT2D eigenvalue weighted by Crippen LogP contribution is 2.34. The van der Waals surface area contributed by atoms with E-state index in [1.165, 1.54) is 22.3 Å². The Hall–Kier alpha value is -4.84. The summed E-state index contributed by atoms with van der Waals surface area (Å²) in [6, 6.07) is 21.2. The highest BCUT2D eigenvalue weighted by atomic mass is 16.4. The van der Waals surface area contributed by atoms with E-state index in [2.05, 4.69) is 113 Å². The number of carboxylic acids is 2. The molecule has 0 saturated carbocycles. The Labute approximate surface area is 326 Å². The van der Waals surface area contributed by atoms with Gasteiger partial charge in [0, 0.05) is 90.9 Å². The second-order valence-corrected chi connectivity index (χ2v) is 15.6. The van der Waals surface area contributed by atoms with E-state index in [-0.39, 0.29) is 17.4 Å². The van der Waals surface area contributed by atoms with Crippen molar-refractivity contribution >= 4 is 23.6 Å². The van der Waals surface area contributed by atoms with E-state index >= 15 is 0 Å². The molecule has 292 valence electrons. The number of anilines is 2. The molecule has 11 nitrogen and oxygen atoms in total. The number of benzene rings is 2. The average Bonchev–Trinajstić information content (AvgIpc) is 3.19. The minimum Gasteiger partial charge on any atom is -0.478 e. The van der Waals surface area contributed by atoms with Crippen LogP contribution in [0.2, 0.25) is 0 Å². The van der Waals surface area contributed by atoms with Crippen molar-refractivity contribution in [1.82, 2.24) is 24.7 Å². The Bertz CT molecular complexity index is 1900. The monoisotopic (exact) mass is 747 g/mol. The minimum absolute atomic E-state index is 0.105. The molecular formula is C44H57N7O4. The van der Waals surface area contributed by atoms with Crippen LogP contribution < -0.4 is 9.80 Å². The van der Waals surface area contributed by atoms with E-state index in [1.807, 2.05) is 6.20 Å². The molecule has 4 aromatic rings. The summed E-state index contributed by atoms with van der Waals surface area (Å²) < 4.78 is 0. The lowest BCUT2D eigenvalue weighted by Crippen LogP contribution is -2.46. The number of pyridine rings is 2. The van der Waals surface area contributed by atoms with Gasteiger partial charge < -0.3 is 20.0 Å². The van der Waals surface area contributed by atoms with Crippen LogP contribution in [0.1, 0.15) is 101 Å². The third-order valence-corrected chi connectivity index (χ3v) is 11.0. The molecule has 2 fully saturated rings. The number of rotatable bonds is 15. The van der Waals surface area contributed by atoms with Crippen molar-refractivity contribution in [2.75, 3.05) is 68.7 Å². The molecule has 0 aliphatic carbocycles. The predicted molar refractivity (Wildman–Crippen MR) is 218 cm³/mol. The molecule has 55 heavy (non-hydrogen) atoms.